The minimum absolute atomic E-state index is 0. The Balaban J connectivity index is 0.00000161. The molecule has 0 atom stereocenters. The van der Waals surface area contributed by atoms with Crippen LogP contribution in [-0.2, 0) is 29.7 Å². The van der Waals surface area contributed by atoms with E-state index in [9.17, 15) is 8.42 Å². The third-order valence-corrected chi connectivity index (χ3v) is 5.82. The molecule has 1 aliphatic heterocycles. The van der Waals surface area contributed by atoms with E-state index in [1.807, 2.05) is 6.07 Å². The maximum absolute atomic E-state index is 12.1. The third-order valence-electron chi connectivity index (χ3n) is 4.33. The summed E-state index contributed by atoms with van der Waals surface area (Å²) in [5.41, 5.74) is 3.66. The molecule has 2 N–H and O–H groups in total. The van der Waals surface area contributed by atoms with E-state index in [1.54, 1.807) is 0 Å². The van der Waals surface area contributed by atoms with Gasteiger partial charge in [0.05, 0.1) is 5.75 Å². The zero-order valence-electron chi connectivity index (χ0n) is 12.1. The highest BCUT2D eigenvalue weighted by Gasteiger charge is 2.22. The molecule has 1 heterocycles. The van der Waals surface area contributed by atoms with Crippen LogP contribution >= 0.6 is 12.4 Å². The second-order valence-corrected chi connectivity index (χ2v) is 7.81. The lowest BCUT2D eigenvalue weighted by Crippen LogP contribution is -2.28. The minimum Gasteiger partial charge on any atom is -0.309 e. The van der Waals surface area contributed by atoms with Crippen molar-refractivity contribution in [3.8, 4) is 0 Å². The van der Waals surface area contributed by atoms with Gasteiger partial charge in [0.25, 0.3) is 0 Å². The Bertz CT molecular complexity index is 583. The lowest BCUT2D eigenvalue weighted by Gasteiger charge is -2.11. The van der Waals surface area contributed by atoms with Gasteiger partial charge >= 0.3 is 0 Å². The summed E-state index contributed by atoms with van der Waals surface area (Å²) < 4.78 is 26.9. The number of sulfonamides is 1. The Morgan fingerprint density at radius 2 is 1.86 bits per heavy atom. The monoisotopic (exact) mass is 330 g/mol. The summed E-state index contributed by atoms with van der Waals surface area (Å²) in [5.74, 6) is 0.649. The Labute approximate surface area is 133 Å². The second-order valence-electron chi connectivity index (χ2n) is 5.96. The van der Waals surface area contributed by atoms with Gasteiger partial charge < -0.3 is 5.32 Å². The Hall–Kier alpha value is -0.620. The molecule has 1 fully saturated rings. The molecule has 1 aliphatic carbocycles. The Morgan fingerprint density at radius 1 is 1.14 bits per heavy atom. The van der Waals surface area contributed by atoms with Crippen LogP contribution in [0.5, 0.6) is 0 Å². The molecule has 3 rings (SSSR count). The number of hydrogen-bond acceptors (Lipinski definition) is 3. The first-order valence-corrected chi connectivity index (χ1v) is 9.06. The summed E-state index contributed by atoms with van der Waals surface area (Å²) in [4.78, 5) is 0. The minimum atomic E-state index is -3.14. The Kier molecular flexibility index (Phi) is 5.66. The van der Waals surface area contributed by atoms with Gasteiger partial charge in [-0.2, -0.15) is 0 Å². The average molecular weight is 331 g/mol. The lowest BCUT2D eigenvalue weighted by molar-refractivity contribution is 0.547. The number of nitrogens with one attached hydrogen (secondary N) is 2. The fourth-order valence-electron chi connectivity index (χ4n) is 3.20. The molecule has 2 aliphatic rings. The van der Waals surface area contributed by atoms with Crippen molar-refractivity contribution < 1.29 is 8.42 Å². The molecular formula is C15H23ClN2O2S. The van der Waals surface area contributed by atoms with Gasteiger partial charge in [-0.3, -0.25) is 0 Å². The van der Waals surface area contributed by atoms with Crippen molar-refractivity contribution in [1.29, 1.82) is 0 Å². The van der Waals surface area contributed by atoms with Crippen LogP contribution in [-0.4, -0.2) is 14.2 Å². The molecule has 0 spiro atoms. The maximum Gasteiger partial charge on any atom is 0.212 e. The predicted octanol–water partition coefficient (Wildman–Crippen LogP) is 2.32. The Morgan fingerprint density at radius 3 is 2.62 bits per heavy atom. The van der Waals surface area contributed by atoms with Crippen molar-refractivity contribution in [1.82, 2.24) is 10.0 Å². The molecule has 6 heteroatoms. The standard InChI is InChI=1S/C15H22N2O2S.ClH/c18-20(19,11-12-3-1-2-4-12)17-8-13-5-6-14-9-16-10-15(14)7-13;/h5-7,12,16-17H,1-4,8-11H2;1H. The van der Waals surface area contributed by atoms with Crippen LogP contribution in [0.25, 0.3) is 0 Å². The molecular weight excluding hydrogens is 308 g/mol. The van der Waals surface area contributed by atoms with E-state index < -0.39 is 10.0 Å². The first-order chi connectivity index (χ1) is 9.62. The SMILES string of the molecule is Cl.O=S(=O)(CC1CCCC1)NCc1ccc2c(c1)CNC2. The van der Waals surface area contributed by atoms with E-state index in [4.69, 9.17) is 0 Å². The molecule has 21 heavy (non-hydrogen) atoms. The smallest absolute Gasteiger partial charge is 0.212 e. The van der Waals surface area contributed by atoms with E-state index >= 15 is 0 Å². The van der Waals surface area contributed by atoms with Gasteiger partial charge in [-0.05, 0) is 35.4 Å². The molecule has 0 unspecified atom stereocenters. The number of rotatable bonds is 5. The highest BCUT2D eigenvalue weighted by molar-refractivity contribution is 7.89. The number of hydrogen-bond donors (Lipinski definition) is 2. The molecule has 0 aromatic heterocycles. The molecule has 1 aromatic carbocycles. The summed E-state index contributed by atoms with van der Waals surface area (Å²) in [5, 5.41) is 3.30. The molecule has 0 radical (unpaired) electrons. The zero-order valence-corrected chi connectivity index (χ0v) is 13.7. The van der Waals surface area contributed by atoms with E-state index in [1.165, 1.54) is 24.0 Å². The van der Waals surface area contributed by atoms with E-state index in [-0.39, 0.29) is 12.4 Å². The van der Waals surface area contributed by atoms with Gasteiger partial charge in [-0.15, -0.1) is 12.4 Å². The van der Waals surface area contributed by atoms with Gasteiger partial charge in [-0.1, -0.05) is 31.0 Å². The first-order valence-electron chi connectivity index (χ1n) is 7.41. The van der Waals surface area contributed by atoms with Crippen LogP contribution in [0.2, 0.25) is 0 Å². The summed E-state index contributed by atoms with van der Waals surface area (Å²) in [6, 6.07) is 6.22. The van der Waals surface area contributed by atoms with Gasteiger partial charge in [-0.25, -0.2) is 13.1 Å². The van der Waals surface area contributed by atoms with Crippen molar-refractivity contribution in [3.63, 3.8) is 0 Å². The highest BCUT2D eigenvalue weighted by atomic mass is 35.5. The lowest BCUT2D eigenvalue weighted by atomic mass is 10.1. The molecule has 0 saturated heterocycles. The molecule has 0 amide bonds. The van der Waals surface area contributed by atoms with Crippen molar-refractivity contribution in [2.75, 3.05) is 5.75 Å². The van der Waals surface area contributed by atoms with E-state index in [2.05, 4.69) is 22.2 Å². The molecule has 4 nitrogen and oxygen atoms in total. The summed E-state index contributed by atoms with van der Waals surface area (Å²) in [7, 11) is -3.14. The van der Waals surface area contributed by atoms with E-state index in [0.29, 0.717) is 18.2 Å². The van der Waals surface area contributed by atoms with Crippen LogP contribution in [0.15, 0.2) is 18.2 Å². The van der Waals surface area contributed by atoms with E-state index in [0.717, 1.165) is 31.5 Å². The summed E-state index contributed by atoms with van der Waals surface area (Å²) >= 11 is 0. The average Bonchev–Trinajstić information content (AvgIpc) is 3.06. The van der Waals surface area contributed by atoms with Crippen LogP contribution in [0.1, 0.15) is 42.4 Å². The normalized spacial score (nSPS) is 18.5. The van der Waals surface area contributed by atoms with Crippen LogP contribution in [0.4, 0.5) is 0 Å². The molecule has 1 aromatic rings. The fourth-order valence-corrected chi connectivity index (χ4v) is 4.66. The van der Waals surface area contributed by atoms with Gasteiger partial charge in [0.15, 0.2) is 0 Å². The van der Waals surface area contributed by atoms with Gasteiger partial charge in [0.2, 0.25) is 10.0 Å². The van der Waals surface area contributed by atoms with Crippen LogP contribution in [0.3, 0.4) is 0 Å². The first kappa shape index (κ1) is 16.7. The van der Waals surface area contributed by atoms with Crippen molar-refractivity contribution in [2.24, 2.45) is 5.92 Å². The largest absolute Gasteiger partial charge is 0.309 e. The fraction of sp³-hybridized carbons (Fsp3) is 0.600. The topological polar surface area (TPSA) is 58.2 Å². The second kappa shape index (κ2) is 7.09. The number of halogens is 1. The summed E-state index contributed by atoms with van der Waals surface area (Å²) in [6.07, 6.45) is 4.48. The summed E-state index contributed by atoms with van der Waals surface area (Å²) in [6.45, 7) is 2.21. The van der Waals surface area contributed by atoms with Crippen LogP contribution < -0.4 is 10.0 Å². The number of fused-ring (bicyclic) bond motifs is 1. The molecule has 0 bridgehead atoms. The predicted molar refractivity (Wildman–Crippen MR) is 86.8 cm³/mol. The van der Waals surface area contributed by atoms with Crippen molar-refractivity contribution in [3.05, 3.63) is 34.9 Å². The van der Waals surface area contributed by atoms with Gasteiger partial charge in [0, 0.05) is 19.6 Å². The van der Waals surface area contributed by atoms with Crippen molar-refractivity contribution >= 4 is 22.4 Å². The molecule has 1 saturated carbocycles. The van der Waals surface area contributed by atoms with Crippen molar-refractivity contribution in [2.45, 2.75) is 45.3 Å². The highest BCUT2D eigenvalue weighted by Crippen LogP contribution is 2.25. The number of benzene rings is 1. The quantitative estimate of drug-likeness (QED) is 0.871. The van der Waals surface area contributed by atoms with Gasteiger partial charge in [0.1, 0.15) is 0 Å². The zero-order chi connectivity index (χ0) is 14.0. The third kappa shape index (κ3) is 4.42. The van der Waals surface area contributed by atoms with Crippen LogP contribution in [0, 0.1) is 5.92 Å². The molecule has 118 valence electrons. The maximum atomic E-state index is 12.1.